The molecule has 1 aliphatic carbocycles. The minimum Gasteiger partial charge on any atom is -0.299 e. The average Bonchev–Trinajstić information content (AvgIpc) is 2.68. The first-order chi connectivity index (χ1) is 13.7. The number of benzene rings is 2. The molecule has 29 heavy (non-hydrogen) atoms. The molecule has 2 nitrogen and oxygen atoms in total. The van der Waals surface area contributed by atoms with Gasteiger partial charge in [0.05, 0.1) is 5.56 Å². The van der Waals surface area contributed by atoms with Gasteiger partial charge in [0.15, 0.2) is 5.78 Å². The monoisotopic (exact) mass is 393 g/mol. The molecule has 2 aromatic carbocycles. The molecule has 2 bridgehead atoms. The largest absolute Gasteiger partial charge is 0.299 e. The fourth-order valence-corrected chi connectivity index (χ4v) is 5.59. The zero-order valence-corrected chi connectivity index (χ0v) is 18.1. The van der Waals surface area contributed by atoms with Crippen LogP contribution in [0.2, 0.25) is 0 Å². The highest BCUT2D eigenvalue weighted by atomic mass is 19.1. The maximum Gasteiger partial charge on any atom is 0.165 e. The van der Waals surface area contributed by atoms with Gasteiger partial charge in [0.1, 0.15) is 5.82 Å². The molecule has 2 unspecified atom stereocenters. The van der Waals surface area contributed by atoms with Crippen molar-refractivity contribution >= 4 is 5.78 Å². The van der Waals surface area contributed by atoms with Gasteiger partial charge in [0.25, 0.3) is 0 Å². The minimum atomic E-state index is -0.411. The smallest absolute Gasteiger partial charge is 0.165 e. The maximum atomic E-state index is 13.9. The van der Waals surface area contributed by atoms with Gasteiger partial charge in [-0.25, -0.2) is 4.39 Å². The molecule has 2 aromatic rings. The molecule has 4 rings (SSSR count). The summed E-state index contributed by atoms with van der Waals surface area (Å²) in [6.45, 7) is 11.3. The van der Waals surface area contributed by atoms with Crippen LogP contribution in [0.4, 0.5) is 4.39 Å². The number of Topliss-reactive ketones (excluding diaryl/α,β-unsaturated/α-hetero) is 1. The highest BCUT2D eigenvalue weighted by Crippen LogP contribution is 2.52. The van der Waals surface area contributed by atoms with E-state index in [0.717, 1.165) is 32.4 Å². The van der Waals surface area contributed by atoms with Gasteiger partial charge < -0.3 is 0 Å². The van der Waals surface area contributed by atoms with Gasteiger partial charge in [0.2, 0.25) is 0 Å². The van der Waals surface area contributed by atoms with Crippen molar-refractivity contribution in [3.05, 3.63) is 70.5 Å². The van der Waals surface area contributed by atoms with Crippen molar-refractivity contribution in [3.8, 4) is 0 Å². The summed E-state index contributed by atoms with van der Waals surface area (Å²) in [5, 5.41) is 0. The first-order valence-electron chi connectivity index (χ1n) is 10.9. The summed E-state index contributed by atoms with van der Waals surface area (Å²) in [5.74, 6) is -0.500. The van der Waals surface area contributed by atoms with E-state index in [4.69, 9.17) is 0 Å². The first kappa shape index (κ1) is 20.3. The molecule has 1 saturated heterocycles. The number of ketones is 1. The molecule has 3 heteroatoms. The molecular weight excluding hydrogens is 361 g/mol. The summed E-state index contributed by atoms with van der Waals surface area (Å²) in [7, 11) is 0. The molecule has 0 radical (unpaired) electrons. The van der Waals surface area contributed by atoms with Gasteiger partial charge in [-0.3, -0.25) is 9.69 Å². The zero-order valence-electron chi connectivity index (χ0n) is 18.1. The molecule has 2 atom stereocenters. The van der Waals surface area contributed by atoms with Gasteiger partial charge in [-0.2, -0.15) is 0 Å². The SMILES string of the molecule is Cc1ccc2c(c1)C1(C)CCN(CCCC(=O)c3ccccc3F)C(C1)C2(C)C. The predicted octanol–water partition coefficient (Wildman–Crippen LogP) is 5.81. The summed E-state index contributed by atoms with van der Waals surface area (Å²) in [6.07, 6.45) is 3.49. The molecule has 0 saturated carbocycles. The maximum absolute atomic E-state index is 13.9. The molecule has 0 N–H and O–H groups in total. The van der Waals surface area contributed by atoms with Crippen LogP contribution in [-0.2, 0) is 10.8 Å². The molecule has 0 aromatic heterocycles. The fourth-order valence-electron chi connectivity index (χ4n) is 5.59. The lowest BCUT2D eigenvalue weighted by molar-refractivity contribution is 0.0376. The van der Waals surface area contributed by atoms with E-state index in [2.05, 4.69) is 50.8 Å². The Morgan fingerprint density at radius 2 is 1.90 bits per heavy atom. The number of hydrogen-bond donors (Lipinski definition) is 0. The van der Waals surface area contributed by atoms with Crippen molar-refractivity contribution in [3.63, 3.8) is 0 Å². The van der Waals surface area contributed by atoms with Gasteiger partial charge in [0, 0.05) is 17.9 Å². The molecule has 1 heterocycles. The number of rotatable bonds is 5. The van der Waals surface area contributed by atoms with E-state index in [1.54, 1.807) is 18.2 Å². The number of likely N-dealkylation sites (tertiary alicyclic amines) is 1. The van der Waals surface area contributed by atoms with Gasteiger partial charge >= 0.3 is 0 Å². The van der Waals surface area contributed by atoms with Crippen LogP contribution >= 0.6 is 0 Å². The summed E-state index contributed by atoms with van der Waals surface area (Å²) in [5.41, 5.74) is 4.90. The Morgan fingerprint density at radius 1 is 1.14 bits per heavy atom. The lowest BCUT2D eigenvalue weighted by atomic mass is 9.56. The van der Waals surface area contributed by atoms with Crippen LogP contribution in [0.15, 0.2) is 42.5 Å². The number of piperidine rings is 1. The van der Waals surface area contributed by atoms with Gasteiger partial charge in [-0.15, -0.1) is 0 Å². The Bertz CT molecular complexity index is 934. The van der Waals surface area contributed by atoms with Crippen molar-refractivity contribution in [2.45, 2.75) is 70.3 Å². The molecule has 154 valence electrons. The fraction of sp³-hybridized carbons (Fsp3) is 0.500. The lowest BCUT2D eigenvalue weighted by Crippen LogP contribution is -2.59. The molecular formula is C26H32FNO. The van der Waals surface area contributed by atoms with Crippen molar-refractivity contribution in [2.75, 3.05) is 13.1 Å². The number of aryl methyl sites for hydroxylation is 1. The van der Waals surface area contributed by atoms with E-state index >= 15 is 0 Å². The summed E-state index contributed by atoms with van der Waals surface area (Å²) in [6, 6.07) is 13.8. The number of fused-ring (bicyclic) bond motifs is 4. The molecule has 1 fully saturated rings. The van der Waals surface area contributed by atoms with E-state index in [-0.39, 0.29) is 22.2 Å². The third kappa shape index (κ3) is 3.54. The van der Waals surface area contributed by atoms with Crippen molar-refractivity contribution in [1.29, 1.82) is 0 Å². The van der Waals surface area contributed by atoms with Gasteiger partial charge in [-0.05, 0) is 68.0 Å². The second-order valence-corrected chi connectivity index (χ2v) is 9.84. The highest BCUT2D eigenvalue weighted by Gasteiger charge is 2.50. The predicted molar refractivity (Wildman–Crippen MR) is 116 cm³/mol. The number of hydrogen-bond acceptors (Lipinski definition) is 2. The Morgan fingerprint density at radius 3 is 2.66 bits per heavy atom. The van der Waals surface area contributed by atoms with E-state index in [0.29, 0.717) is 12.5 Å². The van der Waals surface area contributed by atoms with E-state index < -0.39 is 5.82 Å². The van der Waals surface area contributed by atoms with Crippen LogP contribution in [0.1, 0.15) is 73.5 Å². The number of halogens is 1. The van der Waals surface area contributed by atoms with Crippen molar-refractivity contribution < 1.29 is 9.18 Å². The van der Waals surface area contributed by atoms with Crippen LogP contribution in [0.3, 0.4) is 0 Å². The Hall–Kier alpha value is -2.00. The summed E-state index contributed by atoms with van der Waals surface area (Å²) < 4.78 is 13.9. The molecule has 0 spiro atoms. The second kappa shape index (κ2) is 7.36. The Kier molecular flexibility index (Phi) is 5.14. The first-order valence-corrected chi connectivity index (χ1v) is 10.9. The highest BCUT2D eigenvalue weighted by molar-refractivity contribution is 5.96. The van der Waals surface area contributed by atoms with E-state index in [1.165, 1.54) is 22.8 Å². The third-order valence-corrected chi connectivity index (χ3v) is 7.41. The normalized spacial score (nSPS) is 25.5. The molecule has 2 aliphatic rings. The number of carbonyl (C=O) groups is 1. The summed E-state index contributed by atoms with van der Waals surface area (Å²) >= 11 is 0. The zero-order chi connectivity index (χ0) is 20.8. The molecule has 0 amide bonds. The average molecular weight is 394 g/mol. The Balaban J connectivity index is 1.48. The van der Waals surface area contributed by atoms with Crippen LogP contribution < -0.4 is 0 Å². The van der Waals surface area contributed by atoms with Gasteiger partial charge in [-0.1, -0.05) is 56.7 Å². The van der Waals surface area contributed by atoms with Crippen LogP contribution in [0.25, 0.3) is 0 Å². The van der Waals surface area contributed by atoms with E-state index in [9.17, 15) is 9.18 Å². The summed E-state index contributed by atoms with van der Waals surface area (Å²) in [4.78, 5) is 15.0. The van der Waals surface area contributed by atoms with Crippen molar-refractivity contribution in [2.24, 2.45) is 0 Å². The number of nitrogens with zero attached hydrogens (tertiary/aromatic N) is 1. The van der Waals surface area contributed by atoms with Crippen molar-refractivity contribution in [1.82, 2.24) is 4.90 Å². The van der Waals surface area contributed by atoms with Crippen LogP contribution in [0.5, 0.6) is 0 Å². The van der Waals surface area contributed by atoms with Crippen LogP contribution in [0, 0.1) is 12.7 Å². The standard InChI is InChI=1S/C26H32FNO/c1-18-11-12-20-21(16-18)26(4)13-15-28(24(17-26)25(20,2)3)14-7-10-23(29)19-8-5-6-9-22(19)27/h5-6,8-9,11-12,16,24H,7,10,13-15,17H2,1-4H3. The van der Waals surface area contributed by atoms with E-state index in [1.807, 2.05) is 0 Å². The lowest BCUT2D eigenvalue weighted by Gasteiger charge is -2.57. The quantitative estimate of drug-likeness (QED) is 0.598. The third-order valence-electron chi connectivity index (χ3n) is 7.41. The van der Waals surface area contributed by atoms with Crippen LogP contribution in [-0.4, -0.2) is 29.8 Å². The minimum absolute atomic E-state index is 0.0819. The topological polar surface area (TPSA) is 20.3 Å². The Labute approximate surface area is 174 Å². The molecule has 1 aliphatic heterocycles. The number of carbonyl (C=O) groups excluding carboxylic acids is 1. The second-order valence-electron chi connectivity index (χ2n) is 9.84.